The van der Waals surface area contributed by atoms with Crippen molar-refractivity contribution in [1.82, 2.24) is 24.3 Å². The Balaban J connectivity index is 1.84. The third-order valence-corrected chi connectivity index (χ3v) is 7.08. The van der Waals surface area contributed by atoms with E-state index >= 15 is 0 Å². The van der Waals surface area contributed by atoms with Gasteiger partial charge in [0.05, 0.1) is 17.9 Å². The Hall–Kier alpha value is -1.45. The molecule has 2 saturated heterocycles. The molecule has 0 radical (unpaired) electrons. The number of amides is 1. The highest BCUT2D eigenvalue weighted by Gasteiger charge is 2.37. The van der Waals surface area contributed by atoms with E-state index < -0.39 is 10.0 Å². The Bertz CT molecular complexity index is 743. The molecule has 2 aliphatic heterocycles. The molecule has 9 heteroatoms. The summed E-state index contributed by atoms with van der Waals surface area (Å²) in [6.07, 6.45) is 1.61. The normalized spacial score (nSPS) is 23.7. The van der Waals surface area contributed by atoms with E-state index in [0.29, 0.717) is 42.5 Å². The first-order valence-corrected chi connectivity index (χ1v) is 9.77. The fourth-order valence-electron chi connectivity index (χ4n) is 3.66. The van der Waals surface area contributed by atoms with Gasteiger partial charge in [0.1, 0.15) is 4.90 Å². The fourth-order valence-corrected chi connectivity index (χ4v) is 5.57. The molecule has 3 rings (SSSR count). The topological polar surface area (TPSA) is 87.5 Å². The number of rotatable bonds is 3. The number of nitrogens with zero attached hydrogens (tertiary/aromatic N) is 4. The van der Waals surface area contributed by atoms with E-state index in [4.69, 9.17) is 0 Å². The molecule has 1 atom stereocenters. The molecule has 134 valence electrons. The molecule has 0 spiro atoms. The first-order valence-electron chi connectivity index (χ1n) is 8.33. The zero-order valence-electron chi connectivity index (χ0n) is 14.4. The maximum absolute atomic E-state index is 13.1. The van der Waals surface area contributed by atoms with Gasteiger partial charge in [-0.3, -0.25) is 9.48 Å². The van der Waals surface area contributed by atoms with Crippen molar-refractivity contribution in [2.75, 3.05) is 32.7 Å². The second kappa shape index (κ2) is 6.45. The quantitative estimate of drug-likeness (QED) is 0.799. The van der Waals surface area contributed by atoms with Gasteiger partial charge in [0.25, 0.3) is 0 Å². The van der Waals surface area contributed by atoms with Crippen molar-refractivity contribution < 1.29 is 13.2 Å². The maximum Gasteiger partial charge on any atom is 0.246 e. The molecule has 2 aliphatic rings. The molecule has 0 bridgehead atoms. The van der Waals surface area contributed by atoms with Gasteiger partial charge in [0.2, 0.25) is 15.9 Å². The number of carbonyl (C=O) groups excluding carboxylic acids is 1. The summed E-state index contributed by atoms with van der Waals surface area (Å²) >= 11 is 0. The van der Waals surface area contributed by atoms with Gasteiger partial charge < -0.3 is 10.2 Å². The maximum atomic E-state index is 13.1. The summed E-state index contributed by atoms with van der Waals surface area (Å²) in [6, 6.07) is -0.0413. The third-order valence-electron chi connectivity index (χ3n) is 4.97. The SMILES string of the molecule is Cc1nn(C)c(C)c1S(=O)(=O)N1CCCC(N2CCNCC2=O)C1. The average Bonchev–Trinajstić information content (AvgIpc) is 2.81. The number of hydrogen-bond acceptors (Lipinski definition) is 5. The Kier molecular flexibility index (Phi) is 4.67. The lowest BCUT2D eigenvalue weighted by molar-refractivity contribution is -0.135. The average molecular weight is 355 g/mol. The number of aromatic nitrogens is 2. The Morgan fingerprint density at radius 2 is 2.00 bits per heavy atom. The summed E-state index contributed by atoms with van der Waals surface area (Å²) in [5, 5.41) is 7.29. The van der Waals surface area contributed by atoms with E-state index in [9.17, 15) is 13.2 Å². The van der Waals surface area contributed by atoms with Crippen LogP contribution in [-0.2, 0) is 21.9 Å². The van der Waals surface area contributed by atoms with Crippen molar-refractivity contribution in [1.29, 1.82) is 0 Å². The van der Waals surface area contributed by atoms with Gasteiger partial charge in [-0.05, 0) is 26.7 Å². The number of hydrogen-bond donors (Lipinski definition) is 1. The van der Waals surface area contributed by atoms with E-state index in [1.54, 1.807) is 25.6 Å². The first kappa shape index (κ1) is 17.4. The lowest BCUT2D eigenvalue weighted by Gasteiger charge is -2.40. The van der Waals surface area contributed by atoms with Crippen LogP contribution in [0.5, 0.6) is 0 Å². The van der Waals surface area contributed by atoms with Crippen LogP contribution in [0.2, 0.25) is 0 Å². The van der Waals surface area contributed by atoms with Crippen LogP contribution >= 0.6 is 0 Å². The van der Waals surface area contributed by atoms with Crippen LogP contribution in [0.3, 0.4) is 0 Å². The van der Waals surface area contributed by atoms with Crippen LogP contribution in [0.4, 0.5) is 0 Å². The molecule has 8 nitrogen and oxygen atoms in total. The molecule has 2 fully saturated rings. The van der Waals surface area contributed by atoms with Crippen molar-refractivity contribution in [3.8, 4) is 0 Å². The van der Waals surface area contributed by atoms with Crippen molar-refractivity contribution in [3.05, 3.63) is 11.4 Å². The van der Waals surface area contributed by atoms with Crippen molar-refractivity contribution in [2.24, 2.45) is 7.05 Å². The number of piperidine rings is 1. The minimum Gasteiger partial charge on any atom is -0.336 e. The van der Waals surface area contributed by atoms with Gasteiger partial charge >= 0.3 is 0 Å². The molecular weight excluding hydrogens is 330 g/mol. The summed E-state index contributed by atoms with van der Waals surface area (Å²) in [6.45, 7) is 6.09. The highest BCUT2D eigenvalue weighted by molar-refractivity contribution is 7.89. The molecule has 1 aromatic rings. The van der Waals surface area contributed by atoms with Gasteiger partial charge in [-0.15, -0.1) is 0 Å². The van der Waals surface area contributed by atoms with Gasteiger partial charge in [0.15, 0.2) is 0 Å². The molecule has 1 unspecified atom stereocenters. The zero-order valence-corrected chi connectivity index (χ0v) is 15.3. The highest BCUT2D eigenvalue weighted by Crippen LogP contribution is 2.27. The van der Waals surface area contributed by atoms with Crippen molar-refractivity contribution in [3.63, 3.8) is 0 Å². The Morgan fingerprint density at radius 1 is 1.25 bits per heavy atom. The number of carbonyl (C=O) groups is 1. The number of aryl methyl sites for hydroxylation is 2. The summed E-state index contributed by atoms with van der Waals surface area (Å²) in [4.78, 5) is 14.3. The summed E-state index contributed by atoms with van der Waals surface area (Å²) in [5.41, 5.74) is 1.17. The molecule has 24 heavy (non-hydrogen) atoms. The Labute approximate surface area is 142 Å². The molecule has 0 aromatic carbocycles. The summed E-state index contributed by atoms with van der Waals surface area (Å²) in [5.74, 6) is 0.0548. The van der Waals surface area contributed by atoms with E-state index in [2.05, 4.69) is 10.4 Å². The zero-order chi connectivity index (χ0) is 17.5. The molecule has 0 saturated carbocycles. The van der Waals surface area contributed by atoms with Crippen LogP contribution in [-0.4, -0.2) is 72.1 Å². The lowest BCUT2D eigenvalue weighted by Crippen LogP contribution is -2.57. The van der Waals surface area contributed by atoms with Crippen LogP contribution < -0.4 is 5.32 Å². The van der Waals surface area contributed by atoms with Gasteiger partial charge in [-0.1, -0.05) is 0 Å². The van der Waals surface area contributed by atoms with E-state index in [-0.39, 0.29) is 11.9 Å². The van der Waals surface area contributed by atoms with Gasteiger partial charge in [0, 0.05) is 39.3 Å². The van der Waals surface area contributed by atoms with E-state index in [1.165, 1.54) is 4.31 Å². The van der Waals surface area contributed by atoms with Crippen LogP contribution in [0.1, 0.15) is 24.2 Å². The van der Waals surface area contributed by atoms with Crippen molar-refractivity contribution in [2.45, 2.75) is 37.6 Å². The highest BCUT2D eigenvalue weighted by atomic mass is 32.2. The van der Waals surface area contributed by atoms with Gasteiger partial charge in [-0.25, -0.2) is 8.42 Å². The number of piperazine rings is 1. The minimum atomic E-state index is -3.60. The predicted molar refractivity (Wildman–Crippen MR) is 89.0 cm³/mol. The standard InChI is InChI=1S/C15H25N5O3S/c1-11-15(12(2)18(3)17-11)24(22,23)19-7-4-5-13(10-19)20-8-6-16-9-14(20)21/h13,16H,4-10H2,1-3H3. The van der Waals surface area contributed by atoms with Crippen LogP contribution in [0, 0.1) is 13.8 Å². The monoisotopic (exact) mass is 355 g/mol. The summed E-state index contributed by atoms with van der Waals surface area (Å²) in [7, 11) is -1.85. The number of sulfonamides is 1. The first-order chi connectivity index (χ1) is 11.3. The third kappa shape index (κ3) is 2.96. The van der Waals surface area contributed by atoms with Crippen LogP contribution in [0.15, 0.2) is 4.90 Å². The smallest absolute Gasteiger partial charge is 0.246 e. The molecule has 1 aromatic heterocycles. The molecule has 1 amide bonds. The second-order valence-corrected chi connectivity index (χ2v) is 8.42. The fraction of sp³-hybridized carbons (Fsp3) is 0.733. The van der Waals surface area contributed by atoms with E-state index in [1.807, 2.05) is 4.90 Å². The minimum absolute atomic E-state index is 0.0413. The lowest BCUT2D eigenvalue weighted by atomic mass is 10.1. The van der Waals surface area contributed by atoms with E-state index in [0.717, 1.165) is 19.4 Å². The van der Waals surface area contributed by atoms with Crippen LogP contribution in [0.25, 0.3) is 0 Å². The molecular formula is C15H25N5O3S. The molecule has 0 aliphatic carbocycles. The predicted octanol–water partition coefficient (Wildman–Crippen LogP) is -0.378. The Morgan fingerprint density at radius 3 is 2.62 bits per heavy atom. The second-order valence-electron chi connectivity index (χ2n) is 6.55. The largest absolute Gasteiger partial charge is 0.336 e. The molecule has 3 heterocycles. The summed E-state index contributed by atoms with van der Waals surface area (Å²) < 4.78 is 29.3. The van der Waals surface area contributed by atoms with Crippen molar-refractivity contribution >= 4 is 15.9 Å². The number of nitrogens with one attached hydrogen (secondary N) is 1. The van der Waals surface area contributed by atoms with Gasteiger partial charge in [-0.2, -0.15) is 9.40 Å². The molecule has 1 N–H and O–H groups in total.